The van der Waals surface area contributed by atoms with Crippen LogP contribution in [0.25, 0.3) is 0 Å². The van der Waals surface area contributed by atoms with Crippen LogP contribution in [0.15, 0.2) is 0 Å². The molecule has 60 valence electrons. The summed E-state index contributed by atoms with van der Waals surface area (Å²) >= 11 is 0. The molecule has 1 aliphatic heterocycles. The van der Waals surface area contributed by atoms with Crippen molar-refractivity contribution in [2.75, 3.05) is 27.2 Å². The molecule has 0 spiro atoms. The first-order valence-electron chi connectivity index (χ1n) is 3.63. The number of methoxy groups -OCH3 is 1. The van der Waals surface area contributed by atoms with E-state index in [9.17, 15) is 5.11 Å². The van der Waals surface area contributed by atoms with Gasteiger partial charge in [0.1, 0.15) is 0 Å². The molecule has 0 amide bonds. The zero-order chi connectivity index (χ0) is 7.56. The molecule has 1 saturated heterocycles. The summed E-state index contributed by atoms with van der Waals surface area (Å²) in [6.07, 6.45) is 0.578. The van der Waals surface area contributed by atoms with Gasteiger partial charge in [-0.2, -0.15) is 0 Å². The van der Waals surface area contributed by atoms with Gasteiger partial charge in [-0.05, 0) is 13.5 Å². The van der Waals surface area contributed by atoms with E-state index in [2.05, 4.69) is 4.90 Å². The number of likely N-dealkylation sites (tertiary alicyclic amines) is 1. The second kappa shape index (κ2) is 3.32. The highest BCUT2D eigenvalue weighted by Crippen LogP contribution is 2.11. The Bertz CT molecular complexity index is 108. The molecule has 3 heteroatoms. The molecule has 2 atom stereocenters. The van der Waals surface area contributed by atoms with Crippen molar-refractivity contribution in [2.45, 2.75) is 18.6 Å². The summed E-state index contributed by atoms with van der Waals surface area (Å²) in [5.41, 5.74) is 0. The van der Waals surface area contributed by atoms with Gasteiger partial charge in [0.25, 0.3) is 0 Å². The van der Waals surface area contributed by atoms with E-state index >= 15 is 0 Å². The third-order valence-electron chi connectivity index (χ3n) is 2.03. The molecule has 1 N–H and O–H groups in total. The zero-order valence-electron chi connectivity index (χ0n) is 6.58. The molecule has 0 aromatic carbocycles. The summed E-state index contributed by atoms with van der Waals surface area (Å²) in [6, 6.07) is 0. The Morgan fingerprint density at radius 2 is 2.30 bits per heavy atom. The Hall–Kier alpha value is -0.120. The maximum absolute atomic E-state index is 9.34. The van der Waals surface area contributed by atoms with Gasteiger partial charge in [-0.15, -0.1) is 0 Å². The minimum absolute atomic E-state index is 0.0127. The number of hydrogen-bond donors (Lipinski definition) is 1. The van der Waals surface area contributed by atoms with E-state index in [4.69, 9.17) is 4.74 Å². The van der Waals surface area contributed by atoms with E-state index in [1.165, 1.54) is 0 Å². The van der Waals surface area contributed by atoms with Crippen LogP contribution in [0.3, 0.4) is 0 Å². The fourth-order valence-electron chi connectivity index (χ4n) is 1.29. The molecule has 0 saturated carbocycles. The van der Waals surface area contributed by atoms with Gasteiger partial charge >= 0.3 is 0 Å². The number of aliphatic hydroxyl groups excluding tert-OH is 1. The van der Waals surface area contributed by atoms with Gasteiger partial charge in [-0.1, -0.05) is 0 Å². The van der Waals surface area contributed by atoms with Crippen LogP contribution in [0.2, 0.25) is 0 Å². The lowest BCUT2D eigenvalue weighted by atomic mass is 10.1. The summed E-state index contributed by atoms with van der Waals surface area (Å²) in [6.45, 7) is 1.82. The molecule has 0 aromatic heterocycles. The summed E-state index contributed by atoms with van der Waals surface area (Å²) < 4.78 is 5.08. The maximum atomic E-state index is 9.34. The molecule has 0 aliphatic carbocycles. The average molecular weight is 145 g/mol. The van der Waals surface area contributed by atoms with Crippen molar-refractivity contribution in [3.05, 3.63) is 0 Å². The summed E-state index contributed by atoms with van der Waals surface area (Å²) in [5, 5.41) is 9.34. The fraction of sp³-hybridized carbons (Fsp3) is 1.00. The van der Waals surface area contributed by atoms with Gasteiger partial charge in [0, 0.05) is 20.2 Å². The average Bonchev–Trinajstić information content (AvgIpc) is 1.94. The van der Waals surface area contributed by atoms with Gasteiger partial charge in [0.2, 0.25) is 0 Å². The molecule has 1 fully saturated rings. The number of ether oxygens (including phenoxy) is 1. The third kappa shape index (κ3) is 1.68. The largest absolute Gasteiger partial charge is 0.390 e. The zero-order valence-corrected chi connectivity index (χ0v) is 6.58. The predicted octanol–water partition coefficient (Wildman–Crippen LogP) is -0.302. The van der Waals surface area contributed by atoms with E-state index in [1.54, 1.807) is 7.11 Å². The highest BCUT2D eigenvalue weighted by molar-refractivity contribution is 4.78. The standard InChI is InChI=1S/C7H15NO2/c1-8-4-3-6(9)7(5-8)10-2/h6-7,9H,3-5H2,1-2H3/t6-,7-/m0/s1. The van der Waals surface area contributed by atoms with Crippen molar-refractivity contribution in [3.8, 4) is 0 Å². The molecule has 0 radical (unpaired) electrons. The van der Waals surface area contributed by atoms with Crippen molar-refractivity contribution in [3.63, 3.8) is 0 Å². The van der Waals surface area contributed by atoms with Crippen LogP contribution >= 0.6 is 0 Å². The molecule has 0 unspecified atom stereocenters. The van der Waals surface area contributed by atoms with E-state index in [-0.39, 0.29) is 12.2 Å². The summed E-state index contributed by atoms with van der Waals surface area (Å²) in [7, 11) is 3.69. The second-order valence-electron chi connectivity index (χ2n) is 2.89. The predicted molar refractivity (Wildman–Crippen MR) is 38.9 cm³/mol. The van der Waals surface area contributed by atoms with E-state index in [1.807, 2.05) is 7.05 Å². The second-order valence-corrected chi connectivity index (χ2v) is 2.89. The van der Waals surface area contributed by atoms with Crippen LogP contribution in [-0.4, -0.2) is 49.5 Å². The highest BCUT2D eigenvalue weighted by Gasteiger charge is 2.24. The van der Waals surface area contributed by atoms with Crippen LogP contribution in [0.4, 0.5) is 0 Å². The Kier molecular flexibility index (Phi) is 2.65. The minimum atomic E-state index is -0.263. The maximum Gasteiger partial charge on any atom is 0.0956 e. The Balaban J connectivity index is 2.38. The Morgan fingerprint density at radius 3 is 2.80 bits per heavy atom. The van der Waals surface area contributed by atoms with Crippen molar-refractivity contribution in [2.24, 2.45) is 0 Å². The van der Waals surface area contributed by atoms with Crippen LogP contribution < -0.4 is 0 Å². The number of rotatable bonds is 1. The van der Waals surface area contributed by atoms with Crippen LogP contribution in [0, 0.1) is 0 Å². The minimum Gasteiger partial charge on any atom is -0.390 e. The smallest absolute Gasteiger partial charge is 0.0956 e. The van der Waals surface area contributed by atoms with Crippen LogP contribution in [0.1, 0.15) is 6.42 Å². The lowest BCUT2D eigenvalue weighted by Gasteiger charge is -2.32. The molecule has 1 heterocycles. The lowest BCUT2D eigenvalue weighted by molar-refractivity contribution is -0.0553. The first-order valence-corrected chi connectivity index (χ1v) is 3.63. The van der Waals surface area contributed by atoms with Crippen molar-refractivity contribution in [1.29, 1.82) is 0 Å². The molecular weight excluding hydrogens is 130 g/mol. The SMILES string of the molecule is CO[C@H]1CN(C)CC[C@@H]1O. The van der Waals surface area contributed by atoms with E-state index in [0.29, 0.717) is 0 Å². The summed E-state index contributed by atoms with van der Waals surface area (Å²) in [4.78, 5) is 2.17. The van der Waals surface area contributed by atoms with Gasteiger partial charge in [0.05, 0.1) is 12.2 Å². The van der Waals surface area contributed by atoms with Gasteiger partial charge < -0.3 is 14.7 Å². The first kappa shape index (κ1) is 7.98. The Labute approximate surface area is 61.6 Å². The quantitative estimate of drug-likeness (QED) is 0.550. The van der Waals surface area contributed by atoms with Crippen LogP contribution in [0.5, 0.6) is 0 Å². The number of likely N-dealkylation sites (N-methyl/N-ethyl adjacent to an activating group) is 1. The number of hydrogen-bond acceptors (Lipinski definition) is 3. The molecule has 10 heavy (non-hydrogen) atoms. The molecule has 1 aliphatic rings. The van der Waals surface area contributed by atoms with Gasteiger partial charge in [-0.3, -0.25) is 0 Å². The number of nitrogens with zero attached hydrogens (tertiary/aromatic N) is 1. The fourth-order valence-corrected chi connectivity index (χ4v) is 1.29. The van der Waals surface area contributed by atoms with Crippen LogP contribution in [-0.2, 0) is 4.74 Å². The molecule has 1 rings (SSSR count). The van der Waals surface area contributed by atoms with E-state index in [0.717, 1.165) is 19.5 Å². The summed E-state index contributed by atoms with van der Waals surface area (Å²) in [5.74, 6) is 0. The van der Waals surface area contributed by atoms with Crippen molar-refractivity contribution < 1.29 is 9.84 Å². The molecular formula is C7H15NO2. The normalized spacial score (nSPS) is 36.3. The highest BCUT2D eigenvalue weighted by atomic mass is 16.5. The molecule has 3 nitrogen and oxygen atoms in total. The number of aliphatic hydroxyl groups is 1. The van der Waals surface area contributed by atoms with Crippen molar-refractivity contribution >= 4 is 0 Å². The third-order valence-corrected chi connectivity index (χ3v) is 2.03. The topological polar surface area (TPSA) is 32.7 Å². The van der Waals surface area contributed by atoms with Crippen molar-refractivity contribution in [1.82, 2.24) is 4.90 Å². The Morgan fingerprint density at radius 1 is 1.60 bits per heavy atom. The molecule has 0 aromatic rings. The number of piperidine rings is 1. The lowest BCUT2D eigenvalue weighted by Crippen LogP contribution is -2.45. The van der Waals surface area contributed by atoms with Gasteiger partial charge in [-0.25, -0.2) is 0 Å². The van der Waals surface area contributed by atoms with E-state index < -0.39 is 0 Å². The first-order chi connectivity index (χ1) is 4.74. The molecule has 0 bridgehead atoms. The monoisotopic (exact) mass is 145 g/mol. The van der Waals surface area contributed by atoms with Gasteiger partial charge in [0.15, 0.2) is 0 Å².